The number of rotatable bonds is 2. The third-order valence-electron chi connectivity index (χ3n) is 3.38. The molecule has 2 aromatic rings. The molecule has 2 nitrogen and oxygen atoms in total. The predicted octanol–water partition coefficient (Wildman–Crippen LogP) is 3.78. The van der Waals surface area contributed by atoms with Crippen LogP contribution < -0.4 is 4.90 Å². The topological polar surface area (TPSA) is 20.3 Å². The number of aryl methyl sites for hydroxylation is 1. The number of nitrogens with zero attached hydrogens (tertiary/aromatic N) is 1. The molecule has 1 aliphatic heterocycles. The summed E-state index contributed by atoms with van der Waals surface area (Å²) in [5, 5.41) is 2.28. The first kappa shape index (κ1) is 16.3. The molecule has 0 bridgehead atoms. The molecule has 3 rings (SSSR count). The maximum atomic E-state index is 12.3. The Morgan fingerprint density at radius 3 is 2.63 bits per heavy atom. The van der Waals surface area contributed by atoms with Gasteiger partial charge in [0.1, 0.15) is 0 Å². The first-order valence-electron chi connectivity index (χ1n) is 5.87. The van der Waals surface area contributed by atoms with Crippen LogP contribution in [0.3, 0.4) is 0 Å². The van der Waals surface area contributed by atoms with Crippen molar-refractivity contribution in [1.82, 2.24) is 0 Å². The predicted molar refractivity (Wildman–Crippen MR) is 76.7 cm³/mol. The summed E-state index contributed by atoms with van der Waals surface area (Å²) >= 11 is 0. The van der Waals surface area contributed by atoms with Crippen molar-refractivity contribution in [3.05, 3.63) is 55.8 Å². The van der Waals surface area contributed by atoms with Crippen LogP contribution in [-0.4, -0.2) is 12.5 Å². The molecule has 1 heterocycles. The average Bonchev–Trinajstić information content (AvgIpc) is 2.61. The monoisotopic (exact) mass is 477 g/mol. The fourth-order valence-electron chi connectivity index (χ4n) is 2.57. The maximum absolute atomic E-state index is 12.3. The minimum absolute atomic E-state index is 0. The average molecular weight is 477 g/mol. The van der Waals surface area contributed by atoms with Gasteiger partial charge < -0.3 is 19.3 Å². The molecule has 0 saturated carbocycles. The molecule has 0 N–H and O–H groups in total. The van der Waals surface area contributed by atoms with Gasteiger partial charge in [-0.15, -0.1) is 0 Å². The Bertz CT molecular complexity index is 621. The van der Waals surface area contributed by atoms with Crippen LogP contribution in [0.25, 0.3) is 10.8 Å². The Hall–Kier alpha value is -0.778. The third-order valence-corrected chi connectivity index (χ3v) is 3.38. The zero-order chi connectivity index (χ0) is 12.0. The Balaban J connectivity index is 0.000000902. The van der Waals surface area contributed by atoms with E-state index in [0.717, 1.165) is 23.1 Å². The summed E-state index contributed by atoms with van der Waals surface area (Å²) in [4.78, 5) is 14.1. The molecule has 3 heteroatoms. The summed E-state index contributed by atoms with van der Waals surface area (Å²) in [5.41, 5.74) is 3.08. The molecule has 2 aromatic carbocycles. The van der Waals surface area contributed by atoms with E-state index < -0.39 is 0 Å². The van der Waals surface area contributed by atoms with Gasteiger partial charge in [-0.25, -0.2) is 0 Å². The van der Waals surface area contributed by atoms with E-state index in [2.05, 4.69) is 26.0 Å². The van der Waals surface area contributed by atoms with Gasteiger partial charge in [-0.1, -0.05) is 18.2 Å². The van der Waals surface area contributed by atoms with E-state index in [1.807, 2.05) is 23.1 Å². The van der Waals surface area contributed by atoms with Crippen LogP contribution in [0, 0.1) is 52.4 Å². The van der Waals surface area contributed by atoms with Crippen molar-refractivity contribution in [2.24, 2.45) is 0 Å². The fourth-order valence-corrected chi connectivity index (χ4v) is 2.57. The van der Waals surface area contributed by atoms with Gasteiger partial charge in [-0.2, -0.15) is 6.42 Å². The summed E-state index contributed by atoms with van der Waals surface area (Å²) in [5.74, 6) is 0.111. The summed E-state index contributed by atoms with van der Waals surface area (Å²) in [6, 6.07) is 10.1. The molecule has 0 saturated heterocycles. The van der Waals surface area contributed by atoms with Gasteiger partial charge in [-0.3, -0.25) is 4.79 Å². The molecule has 0 unspecified atom stereocenters. The standard InChI is InChI=1S/C15H14NO.CH3.U/c1-3-9-16-13-8-7-10(2)11-5-4-6-12(14(11)13)15(16)17;;/h4-8H,1,3,9H2,2H3;1H3;/q2*-1;+2. The van der Waals surface area contributed by atoms with Crippen molar-refractivity contribution in [3.63, 3.8) is 0 Å². The molecular formula is C16H17NOU. The zero-order valence-corrected chi connectivity index (χ0v) is 15.5. The van der Waals surface area contributed by atoms with E-state index in [0.29, 0.717) is 6.54 Å². The summed E-state index contributed by atoms with van der Waals surface area (Å²) < 4.78 is 0. The van der Waals surface area contributed by atoms with Gasteiger partial charge in [0, 0.05) is 10.9 Å². The second-order valence-electron chi connectivity index (χ2n) is 4.44. The summed E-state index contributed by atoms with van der Waals surface area (Å²) in [6.45, 7) is 6.60. The van der Waals surface area contributed by atoms with E-state index in [1.54, 1.807) is 0 Å². The van der Waals surface area contributed by atoms with Crippen LogP contribution in [0.1, 0.15) is 22.3 Å². The number of hydrogen-bond acceptors (Lipinski definition) is 1. The summed E-state index contributed by atoms with van der Waals surface area (Å²) in [7, 11) is 0. The second kappa shape index (κ2) is 6.12. The van der Waals surface area contributed by atoms with Crippen molar-refractivity contribution in [2.45, 2.75) is 13.3 Å². The zero-order valence-electron chi connectivity index (χ0n) is 11.4. The first-order valence-corrected chi connectivity index (χ1v) is 5.87. The first-order chi connectivity index (χ1) is 8.24. The minimum Gasteiger partial charge on any atom is -0.358 e. The van der Waals surface area contributed by atoms with Gasteiger partial charge in [0.05, 0.1) is 5.69 Å². The van der Waals surface area contributed by atoms with Gasteiger partial charge >= 0.3 is 31.1 Å². The van der Waals surface area contributed by atoms with Crippen molar-refractivity contribution in [2.75, 3.05) is 11.4 Å². The third kappa shape index (κ3) is 2.35. The van der Waals surface area contributed by atoms with Crippen LogP contribution in [0.2, 0.25) is 0 Å². The Morgan fingerprint density at radius 2 is 1.95 bits per heavy atom. The van der Waals surface area contributed by atoms with Gasteiger partial charge in [0.2, 0.25) is 0 Å². The van der Waals surface area contributed by atoms with E-state index in [-0.39, 0.29) is 44.4 Å². The molecule has 96 valence electrons. The Morgan fingerprint density at radius 1 is 1.21 bits per heavy atom. The maximum Gasteiger partial charge on any atom is 2.00 e. The van der Waals surface area contributed by atoms with Crippen LogP contribution in [0.5, 0.6) is 0 Å². The van der Waals surface area contributed by atoms with Gasteiger partial charge in [0.25, 0.3) is 5.91 Å². The van der Waals surface area contributed by atoms with E-state index in [1.165, 1.54) is 10.9 Å². The van der Waals surface area contributed by atoms with Crippen molar-refractivity contribution < 1.29 is 35.9 Å². The number of amides is 1. The molecule has 0 atom stereocenters. The second-order valence-corrected chi connectivity index (χ2v) is 4.44. The normalized spacial score (nSPS) is 12.3. The molecule has 1 aliphatic rings. The molecule has 0 radical (unpaired) electrons. The molecule has 19 heavy (non-hydrogen) atoms. The number of carbonyl (C=O) groups is 1. The van der Waals surface area contributed by atoms with Crippen LogP contribution in [0.4, 0.5) is 5.69 Å². The smallest absolute Gasteiger partial charge is 0.358 e. The van der Waals surface area contributed by atoms with Crippen molar-refractivity contribution >= 4 is 22.4 Å². The quantitative estimate of drug-likeness (QED) is 0.604. The molecule has 0 aromatic heterocycles. The Labute approximate surface area is 138 Å². The largest absolute Gasteiger partial charge is 2.00 e. The van der Waals surface area contributed by atoms with Crippen LogP contribution in [-0.2, 0) is 0 Å². The Kier molecular flexibility index (Phi) is 5.24. The van der Waals surface area contributed by atoms with Crippen LogP contribution in [0.15, 0.2) is 30.3 Å². The van der Waals surface area contributed by atoms with Gasteiger partial charge in [-0.05, 0) is 36.6 Å². The SMILES string of the molecule is [CH2-]CCN1C(=O)c2cccc3c(C)ccc1c23.[CH3-].[U+2]. The number of carbonyl (C=O) groups excluding carboxylic acids is 1. The number of hydrogen-bond donors (Lipinski definition) is 0. The molecule has 0 spiro atoms. The van der Waals surface area contributed by atoms with Crippen LogP contribution >= 0.6 is 0 Å². The molecule has 0 aliphatic carbocycles. The minimum atomic E-state index is 0. The van der Waals surface area contributed by atoms with Crippen molar-refractivity contribution in [3.8, 4) is 0 Å². The molecule has 1 amide bonds. The van der Waals surface area contributed by atoms with E-state index >= 15 is 0 Å². The number of benzene rings is 2. The molecular weight excluding hydrogens is 460 g/mol. The summed E-state index contributed by atoms with van der Waals surface area (Å²) in [6.07, 6.45) is 0.731. The number of anilines is 1. The van der Waals surface area contributed by atoms with Crippen molar-refractivity contribution in [1.29, 1.82) is 0 Å². The van der Waals surface area contributed by atoms with E-state index in [4.69, 9.17) is 0 Å². The van der Waals surface area contributed by atoms with E-state index in [9.17, 15) is 4.79 Å². The molecule has 0 fully saturated rings. The van der Waals surface area contributed by atoms with Gasteiger partial charge in [0.15, 0.2) is 0 Å². The fraction of sp³-hybridized carbons (Fsp3) is 0.188.